The molecule has 6 rings (SSSR count). The maximum atomic E-state index is 14.4. The molecule has 3 aliphatic rings. The van der Waals surface area contributed by atoms with Crippen LogP contribution in [0.15, 0.2) is 65.3 Å². The Hall–Kier alpha value is -5.06. The number of hydrogen-bond donors (Lipinski definition) is 0. The average molecular weight is 627 g/mol. The summed E-state index contributed by atoms with van der Waals surface area (Å²) in [4.78, 5) is 28.1. The number of carbonyl (C=O) groups is 1. The zero-order valence-electron chi connectivity index (χ0n) is 26.5. The van der Waals surface area contributed by atoms with Gasteiger partial charge in [-0.3, -0.25) is 14.9 Å². The summed E-state index contributed by atoms with van der Waals surface area (Å²) < 4.78 is 22.0. The molecule has 46 heavy (non-hydrogen) atoms. The van der Waals surface area contributed by atoms with Gasteiger partial charge in [0.05, 0.1) is 45.1 Å². The van der Waals surface area contributed by atoms with Crippen LogP contribution in [0.25, 0.3) is 6.08 Å². The van der Waals surface area contributed by atoms with E-state index in [4.69, 9.17) is 24.0 Å². The quantitative estimate of drug-likeness (QED) is 0.191. The van der Waals surface area contributed by atoms with Gasteiger partial charge in [0.15, 0.2) is 23.0 Å². The van der Waals surface area contributed by atoms with E-state index >= 15 is 0 Å². The van der Waals surface area contributed by atoms with Gasteiger partial charge in [0, 0.05) is 30.6 Å². The maximum Gasteiger partial charge on any atom is 0.293 e. The highest BCUT2D eigenvalue weighted by atomic mass is 16.6. The van der Waals surface area contributed by atoms with E-state index in [-0.39, 0.29) is 17.2 Å². The van der Waals surface area contributed by atoms with E-state index in [2.05, 4.69) is 6.08 Å². The van der Waals surface area contributed by atoms with Gasteiger partial charge < -0.3 is 23.8 Å². The fourth-order valence-corrected chi connectivity index (χ4v) is 6.84. The predicted molar refractivity (Wildman–Crippen MR) is 175 cm³/mol. The van der Waals surface area contributed by atoms with Gasteiger partial charge in [-0.1, -0.05) is 12.1 Å². The van der Waals surface area contributed by atoms with Crippen LogP contribution >= 0.6 is 0 Å². The molecule has 3 aromatic carbocycles. The Morgan fingerprint density at radius 2 is 1.54 bits per heavy atom. The monoisotopic (exact) mass is 626 g/mol. The standard InChI is InChI=1S/C35H38N4O7/c1-43-29-14-10-22(19-31(29)45-3)18-23-8-7-9-26-33(23)36-38(34(26)24-12-15-30(44-2)32(21-24)46-4)35(40)25-11-13-27(28(20-25)39(41)42)37-16-5-6-17-37/h10-15,18-21,26,34H,5-9,16-17H2,1-4H3/b23-18-. The molecular formula is C35H38N4O7. The third kappa shape index (κ3) is 5.73. The molecule has 1 saturated heterocycles. The lowest BCUT2D eigenvalue weighted by Crippen LogP contribution is -2.32. The number of hydrogen-bond acceptors (Lipinski definition) is 9. The SMILES string of the molecule is COc1ccc(/C=C2/CCCC3C2=NN(C(=O)c2ccc(N4CCCC4)c([N+](=O)[O-])c2)C3c2ccc(OC)c(OC)c2)cc1OC. The summed E-state index contributed by atoms with van der Waals surface area (Å²) in [7, 11) is 6.36. The fourth-order valence-electron chi connectivity index (χ4n) is 6.84. The number of allylic oxidation sites excluding steroid dienone is 1. The molecule has 0 N–H and O–H groups in total. The highest BCUT2D eigenvalue weighted by Gasteiger charge is 2.44. The van der Waals surface area contributed by atoms with Crippen molar-refractivity contribution in [1.82, 2.24) is 5.01 Å². The zero-order chi connectivity index (χ0) is 32.4. The highest BCUT2D eigenvalue weighted by Crippen LogP contribution is 2.47. The van der Waals surface area contributed by atoms with E-state index in [9.17, 15) is 14.9 Å². The lowest BCUT2D eigenvalue weighted by atomic mass is 9.77. The van der Waals surface area contributed by atoms with Crippen LogP contribution in [-0.2, 0) is 0 Å². The number of nitrogens with zero attached hydrogens (tertiary/aromatic N) is 4. The number of nitro benzene ring substituents is 1. The smallest absolute Gasteiger partial charge is 0.293 e. The Morgan fingerprint density at radius 3 is 2.22 bits per heavy atom. The number of carbonyl (C=O) groups excluding carboxylic acids is 1. The maximum absolute atomic E-state index is 14.4. The average Bonchev–Trinajstić information content (AvgIpc) is 3.77. The summed E-state index contributed by atoms with van der Waals surface area (Å²) in [5.74, 6) is 1.89. The Morgan fingerprint density at radius 1 is 0.870 bits per heavy atom. The molecule has 2 unspecified atom stereocenters. The van der Waals surface area contributed by atoms with E-state index < -0.39 is 16.9 Å². The van der Waals surface area contributed by atoms with Gasteiger partial charge in [0.25, 0.3) is 11.6 Å². The molecule has 1 aliphatic carbocycles. The summed E-state index contributed by atoms with van der Waals surface area (Å²) in [5, 5.41) is 18.7. The molecule has 0 spiro atoms. The van der Waals surface area contributed by atoms with Crippen LogP contribution in [0.2, 0.25) is 0 Å². The number of fused-ring (bicyclic) bond motifs is 1. The third-order valence-corrected chi connectivity index (χ3v) is 9.07. The Bertz CT molecular complexity index is 1710. The minimum atomic E-state index is -0.450. The predicted octanol–water partition coefficient (Wildman–Crippen LogP) is 6.67. The fraction of sp³-hybridized carbons (Fsp3) is 0.371. The molecule has 11 heteroatoms. The number of ether oxygens (including phenoxy) is 4. The van der Waals surface area contributed by atoms with Crippen molar-refractivity contribution in [2.24, 2.45) is 11.0 Å². The lowest BCUT2D eigenvalue weighted by molar-refractivity contribution is -0.384. The van der Waals surface area contributed by atoms with E-state index in [0.717, 1.165) is 67.6 Å². The van der Waals surface area contributed by atoms with Crippen LogP contribution in [0.3, 0.4) is 0 Å². The Labute approximate surface area is 268 Å². The minimum Gasteiger partial charge on any atom is -0.493 e. The molecule has 3 aromatic rings. The molecule has 0 radical (unpaired) electrons. The number of rotatable bonds is 9. The second-order valence-corrected chi connectivity index (χ2v) is 11.6. The summed E-state index contributed by atoms with van der Waals surface area (Å²) in [6.07, 6.45) is 6.57. The molecule has 1 saturated carbocycles. The summed E-state index contributed by atoms with van der Waals surface area (Å²) in [6, 6.07) is 15.7. The summed E-state index contributed by atoms with van der Waals surface area (Å²) in [6.45, 7) is 1.51. The number of amides is 1. The first-order chi connectivity index (χ1) is 22.4. The first-order valence-electron chi connectivity index (χ1n) is 15.5. The van der Waals surface area contributed by atoms with Gasteiger partial charge in [-0.15, -0.1) is 0 Å². The zero-order valence-corrected chi connectivity index (χ0v) is 26.5. The topological polar surface area (TPSA) is 116 Å². The summed E-state index contributed by atoms with van der Waals surface area (Å²) in [5.41, 5.74) is 4.30. The van der Waals surface area contributed by atoms with E-state index in [1.165, 1.54) is 11.1 Å². The van der Waals surface area contributed by atoms with Crippen LogP contribution in [0.1, 0.15) is 59.6 Å². The molecule has 11 nitrogen and oxygen atoms in total. The van der Waals surface area contributed by atoms with Gasteiger partial charge in [-0.05, 0) is 91.3 Å². The van der Waals surface area contributed by atoms with Crippen LogP contribution < -0.4 is 23.8 Å². The molecular weight excluding hydrogens is 588 g/mol. The van der Waals surface area contributed by atoms with E-state index in [1.807, 2.05) is 41.3 Å². The molecule has 240 valence electrons. The van der Waals surface area contributed by atoms with Crippen LogP contribution in [0.4, 0.5) is 11.4 Å². The second kappa shape index (κ2) is 13.1. The van der Waals surface area contributed by atoms with Crippen molar-refractivity contribution in [2.45, 2.75) is 38.1 Å². The van der Waals surface area contributed by atoms with Crippen molar-refractivity contribution in [2.75, 3.05) is 46.4 Å². The molecule has 1 amide bonds. The molecule has 2 aliphatic heterocycles. The van der Waals surface area contributed by atoms with E-state index in [0.29, 0.717) is 28.7 Å². The molecule has 2 atom stereocenters. The van der Waals surface area contributed by atoms with E-state index in [1.54, 1.807) is 40.6 Å². The normalized spacial score (nSPS) is 19.9. The lowest BCUT2D eigenvalue weighted by Gasteiger charge is -2.30. The van der Waals surface area contributed by atoms with Crippen molar-refractivity contribution in [3.8, 4) is 23.0 Å². The molecule has 2 heterocycles. The van der Waals surface area contributed by atoms with Gasteiger partial charge in [0.2, 0.25) is 0 Å². The molecule has 0 bridgehead atoms. The highest BCUT2D eigenvalue weighted by molar-refractivity contribution is 6.09. The second-order valence-electron chi connectivity index (χ2n) is 11.6. The van der Waals surface area contributed by atoms with Crippen LogP contribution in [-0.4, -0.2) is 63.1 Å². The van der Waals surface area contributed by atoms with Gasteiger partial charge in [-0.25, -0.2) is 5.01 Å². The Kier molecular flexibility index (Phi) is 8.83. The number of methoxy groups -OCH3 is 4. The number of anilines is 1. The van der Waals surface area contributed by atoms with Crippen molar-refractivity contribution in [3.05, 3.63) is 87.0 Å². The van der Waals surface area contributed by atoms with Crippen molar-refractivity contribution < 1.29 is 28.7 Å². The van der Waals surface area contributed by atoms with Gasteiger partial charge in [-0.2, -0.15) is 5.10 Å². The third-order valence-electron chi connectivity index (χ3n) is 9.07. The minimum absolute atomic E-state index is 0.0753. The summed E-state index contributed by atoms with van der Waals surface area (Å²) >= 11 is 0. The largest absolute Gasteiger partial charge is 0.493 e. The van der Waals surface area contributed by atoms with Crippen molar-refractivity contribution in [3.63, 3.8) is 0 Å². The van der Waals surface area contributed by atoms with Gasteiger partial charge >= 0.3 is 0 Å². The van der Waals surface area contributed by atoms with Crippen LogP contribution in [0, 0.1) is 16.0 Å². The number of hydrazone groups is 1. The van der Waals surface area contributed by atoms with Crippen molar-refractivity contribution >= 4 is 29.1 Å². The number of benzene rings is 3. The first kappa shape index (κ1) is 30.9. The first-order valence-corrected chi connectivity index (χ1v) is 15.5. The number of nitro groups is 1. The van der Waals surface area contributed by atoms with Crippen molar-refractivity contribution in [1.29, 1.82) is 0 Å². The van der Waals surface area contributed by atoms with Gasteiger partial charge in [0.1, 0.15) is 5.69 Å². The molecule has 2 fully saturated rings. The molecule has 0 aromatic heterocycles. The van der Waals surface area contributed by atoms with Crippen LogP contribution in [0.5, 0.6) is 23.0 Å². The Balaban J connectivity index is 1.43.